The highest BCUT2D eigenvalue weighted by Crippen LogP contribution is 2.25. The van der Waals surface area contributed by atoms with E-state index in [0.717, 1.165) is 0 Å². The Labute approximate surface area is 58.5 Å². The number of aliphatic hydroxyl groups is 1. The van der Waals surface area contributed by atoms with E-state index in [2.05, 4.69) is 0 Å². The smallest absolute Gasteiger partial charge is 0.317 e. The third-order valence-corrected chi connectivity index (χ3v) is 1.50. The van der Waals surface area contributed by atoms with Gasteiger partial charge in [-0.15, -0.1) is 0 Å². The van der Waals surface area contributed by atoms with Gasteiger partial charge in [-0.1, -0.05) is 6.08 Å². The molecule has 0 aromatic rings. The maximum absolute atomic E-state index is 9.51. The number of allylic oxidation sites excluding steroid dienone is 2. The van der Waals surface area contributed by atoms with Crippen LogP contribution in [-0.4, -0.2) is 15.9 Å². The zero-order chi connectivity index (χ0) is 7.03. The molecule has 2 heterocycles. The Morgan fingerprint density at radius 1 is 1.30 bits per heavy atom. The van der Waals surface area contributed by atoms with Crippen molar-refractivity contribution in [3.63, 3.8) is 0 Å². The summed E-state index contributed by atoms with van der Waals surface area (Å²) in [6.45, 7) is 0. The lowest BCUT2D eigenvalue weighted by Gasteiger charge is -2.28. The van der Waals surface area contributed by atoms with Gasteiger partial charge in [0, 0.05) is 18.5 Å². The van der Waals surface area contributed by atoms with Gasteiger partial charge in [0.1, 0.15) is 6.26 Å². The topological polar surface area (TPSA) is 32.7 Å². The summed E-state index contributed by atoms with van der Waals surface area (Å²) in [4.78, 5) is 1.58. The van der Waals surface area contributed by atoms with Crippen molar-refractivity contribution in [2.45, 2.75) is 5.91 Å². The first-order valence-corrected chi connectivity index (χ1v) is 3.03. The Morgan fingerprint density at radius 2 is 2.20 bits per heavy atom. The zero-order valence-electron chi connectivity index (χ0n) is 5.27. The molecule has 0 bridgehead atoms. The minimum atomic E-state index is -1.26. The van der Waals surface area contributed by atoms with Crippen LogP contribution in [0.2, 0.25) is 0 Å². The second kappa shape index (κ2) is 1.64. The zero-order valence-corrected chi connectivity index (χ0v) is 5.27. The maximum atomic E-state index is 9.51. The fraction of sp³-hybridized carbons (Fsp3) is 0.143. The van der Waals surface area contributed by atoms with Crippen LogP contribution >= 0.6 is 0 Å². The van der Waals surface area contributed by atoms with Gasteiger partial charge >= 0.3 is 5.91 Å². The highest BCUT2D eigenvalue weighted by molar-refractivity contribution is 5.18. The van der Waals surface area contributed by atoms with Crippen LogP contribution in [0.25, 0.3) is 0 Å². The van der Waals surface area contributed by atoms with E-state index in [1.165, 1.54) is 6.26 Å². The minimum absolute atomic E-state index is 1.26. The van der Waals surface area contributed by atoms with Gasteiger partial charge < -0.3 is 9.84 Å². The molecule has 0 saturated carbocycles. The number of ether oxygens (including phenoxy) is 1. The van der Waals surface area contributed by atoms with Crippen LogP contribution < -0.4 is 0 Å². The Hall–Kier alpha value is -1.22. The molecule has 2 rings (SSSR count). The molecule has 0 aliphatic carbocycles. The molecule has 0 spiro atoms. The van der Waals surface area contributed by atoms with Crippen LogP contribution in [-0.2, 0) is 4.74 Å². The quantitative estimate of drug-likeness (QED) is 0.528. The van der Waals surface area contributed by atoms with Crippen molar-refractivity contribution in [2.75, 3.05) is 0 Å². The molecule has 0 aromatic carbocycles. The van der Waals surface area contributed by atoms with E-state index < -0.39 is 5.91 Å². The molecule has 0 unspecified atom stereocenters. The molecule has 3 heteroatoms. The summed E-state index contributed by atoms with van der Waals surface area (Å²) in [5, 5.41) is 9.51. The molecule has 0 fully saturated rings. The van der Waals surface area contributed by atoms with Gasteiger partial charge in [-0.3, -0.25) is 4.90 Å². The van der Waals surface area contributed by atoms with Crippen LogP contribution in [0.15, 0.2) is 36.9 Å². The van der Waals surface area contributed by atoms with E-state index >= 15 is 0 Å². The third-order valence-electron chi connectivity index (χ3n) is 1.50. The van der Waals surface area contributed by atoms with Crippen molar-refractivity contribution < 1.29 is 9.84 Å². The lowest BCUT2D eigenvalue weighted by molar-refractivity contribution is -0.179. The molecule has 0 radical (unpaired) electrons. The minimum Gasteiger partial charge on any atom is -0.447 e. The van der Waals surface area contributed by atoms with Gasteiger partial charge in [0.15, 0.2) is 0 Å². The summed E-state index contributed by atoms with van der Waals surface area (Å²) in [6, 6.07) is 0. The van der Waals surface area contributed by atoms with Gasteiger partial charge in [0.05, 0.1) is 0 Å². The normalized spacial score (nSPS) is 34.3. The lowest BCUT2D eigenvalue weighted by atomic mass is 10.3. The Morgan fingerprint density at radius 3 is 3.00 bits per heavy atom. The van der Waals surface area contributed by atoms with Crippen LogP contribution in [0.5, 0.6) is 0 Å². The molecule has 3 nitrogen and oxygen atoms in total. The molecule has 1 N–H and O–H groups in total. The summed E-state index contributed by atoms with van der Waals surface area (Å²) in [5.74, 6) is -1.26. The first kappa shape index (κ1) is 5.56. The van der Waals surface area contributed by atoms with Crippen molar-refractivity contribution in [3.8, 4) is 0 Å². The maximum Gasteiger partial charge on any atom is 0.317 e. The number of rotatable bonds is 0. The molecule has 0 amide bonds. The van der Waals surface area contributed by atoms with E-state index in [1.54, 1.807) is 29.5 Å². The van der Waals surface area contributed by atoms with Gasteiger partial charge in [-0.05, 0) is 6.08 Å². The predicted molar refractivity (Wildman–Crippen MR) is 35.3 cm³/mol. The SMILES string of the molecule is O[C@]12C=CC=CN1C=CO2. The van der Waals surface area contributed by atoms with Gasteiger partial charge in [0.25, 0.3) is 0 Å². The van der Waals surface area contributed by atoms with E-state index in [4.69, 9.17) is 4.74 Å². The average Bonchev–Trinajstić information content (AvgIpc) is 2.29. The van der Waals surface area contributed by atoms with E-state index in [9.17, 15) is 5.11 Å². The monoisotopic (exact) mass is 137 g/mol. The van der Waals surface area contributed by atoms with Crippen molar-refractivity contribution in [1.29, 1.82) is 0 Å². The average molecular weight is 137 g/mol. The molecule has 10 heavy (non-hydrogen) atoms. The number of hydrogen-bond donors (Lipinski definition) is 1. The van der Waals surface area contributed by atoms with Crippen molar-refractivity contribution >= 4 is 0 Å². The largest absolute Gasteiger partial charge is 0.447 e. The first-order chi connectivity index (χ1) is 4.81. The van der Waals surface area contributed by atoms with E-state index in [0.29, 0.717) is 0 Å². The summed E-state index contributed by atoms with van der Waals surface area (Å²) in [6.07, 6.45) is 10.0. The van der Waals surface area contributed by atoms with Crippen LogP contribution in [0.4, 0.5) is 0 Å². The van der Waals surface area contributed by atoms with E-state index in [1.807, 2.05) is 6.08 Å². The highest BCUT2D eigenvalue weighted by atomic mass is 16.6. The first-order valence-electron chi connectivity index (χ1n) is 3.03. The Kier molecular flexibility index (Phi) is 0.910. The highest BCUT2D eigenvalue weighted by Gasteiger charge is 2.34. The van der Waals surface area contributed by atoms with Crippen LogP contribution in [0, 0.1) is 0 Å². The van der Waals surface area contributed by atoms with Crippen molar-refractivity contribution in [3.05, 3.63) is 36.9 Å². The van der Waals surface area contributed by atoms with E-state index in [-0.39, 0.29) is 0 Å². The molecule has 2 aliphatic heterocycles. The molecule has 1 atom stereocenters. The molecule has 2 aliphatic rings. The van der Waals surface area contributed by atoms with Gasteiger partial charge in [0.2, 0.25) is 0 Å². The number of hydrogen-bond acceptors (Lipinski definition) is 3. The summed E-state index contributed by atoms with van der Waals surface area (Å²) in [7, 11) is 0. The molecular formula is C7H7NO2. The predicted octanol–water partition coefficient (Wildman–Crippen LogP) is 0.519. The standard InChI is InChI=1S/C7H7NO2/c9-7-3-1-2-4-8(7)5-6-10-7/h1-6,9H/t7-/m0/s1. The fourth-order valence-corrected chi connectivity index (χ4v) is 0.969. The molecule has 0 saturated heterocycles. The van der Waals surface area contributed by atoms with Crippen LogP contribution in [0.3, 0.4) is 0 Å². The third kappa shape index (κ3) is 0.579. The van der Waals surface area contributed by atoms with Crippen molar-refractivity contribution in [2.24, 2.45) is 0 Å². The Balaban J connectivity index is 2.35. The van der Waals surface area contributed by atoms with Gasteiger partial charge in [-0.2, -0.15) is 0 Å². The summed E-state index contributed by atoms with van der Waals surface area (Å²) >= 11 is 0. The Bertz CT molecular complexity index is 232. The molecule has 52 valence electrons. The molecule has 0 aromatic heterocycles. The second-order valence-electron chi connectivity index (χ2n) is 2.17. The van der Waals surface area contributed by atoms with Crippen molar-refractivity contribution in [1.82, 2.24) is 4.90 Å². The fourth-order valence-electron chi connectivity index (χ4n) is 0.969. The van der Waals surface area contributed by atoms with Gasteiger partial charge in [-0.25, -0.2) is 0 Å². The number of nitrogens with zero attached hydrogens (tertiary/aromatic N) is 1. The summed E-state index contributed by atoms with van der Waals surface area (Å²) in [5.41, 5.74) is 0. The number of fused-ring (bicyclic) bond motifs is 1. The summed E-state index contributed by atoms with van der Waals surface area (Å²) < 4.78 is 4.91. The van der Waals surface area contributed by atoms with Crippen LogP contribution in [0.1, 0.15) is 0 Å². The second-order valence-corrected chi connectivity index (χ2v) is 2.17. The lowest BCUT2D eigenvalue weighted by Crippen LogP contribution is -2.39. The molecular weight excluding hydrogens is 130 g/mol.